The summed E-state index contributed by atoms with van der Waals surface area (Å²) in [6, 6.07) is 6.24. The standard InChI is InChI=1S/C15H25N3O/c1-10-7-8-12(14(16)17-19)13(9-10)18(6)11(2)15(3,4)5/h7-9,11,19H,1-6H3,(H2,16,17). The van der Waals surface area contributed by atoms with Crippen LogP contribution < -0.4 is 10.6 Å². The molecule has 0 saturated heterocycles. The number of oxime groups is 1. The first kappa shape index (κ1) is 15.3. The van der Waals surface area contributed by atoms with E-state index in [9.17, 15) is 0 Å². The van der Waals surface area contributed by atoms with Crippen molar-refractivity contribution in [3.8, 4) is 0 Å². The van der Waals surface area contributed by atoms with E-state index in [0.29, 0.717) is 6.04 Å². The number of aryl methyl sites for hydroxylation is 1. The van der Waals surface area contributed by atoms with E-state index in [1.54, 1.807) is 0 Å². The van der Waals surface area contributed by atoms with E-state index in [4.69, 9.17) is 10.9 Å². The van der Waals surface area contributed by atoms with Crippen LogP contribution in [0.1, 0.15) is 38.8 Å². The molecule has 4 heteroatoms. The molecule has 1 aromatic rings. The van der Waals surface area contributed by atoms with Crippen molar-refractivity contribution in [1.29, 1.82) is 0 Å². The Labute approximate surface area is 115 Å². The zero-order valence-electron chi connectivity index (χ0n) is 12.7. The predicted octanol–water partition coefficient (Wildman–Crippen LogP) is 2.96. The molecule has 0 bridgehead atoms. The van der Waals surface area contributed by atoms with Gasteiger partial charge in [0.15, 0.2) is 5.84 Å². The van der Waals surface area contributed by atoms with Gasteiger partial charge in [0.25, 0.3) is 0 Å². The van der Waals surface area contributed by atoms with Gasteiger partial charge in [-0.05, 0) is 37.0 Å². The number of rotatable bonds is 3. The van der Waals surface area contributed by atoms with Crippen molar-refractivity contribution in [2.45, 2.75) is 40.7 Å². The van der Waals surface area contributed by atoms with Crippen LogP contribution in [0.3, 0.4) is 0 Å². The van der Waals surface area contributed by atoms with Gasteiger partial charge in [-0.1, -0.05) is 32.0 Å². The van der Waals surface area contributed by atoms with Crippen molar-refractivity contribution in [3.63, 3.8) is 0 Å². The van der Waals surface area contributed by atoms with E-state index in [2.05, 4.69) is 43.8 Å². The van der Waals surface area contributed by atoms with Crippen molar-refractivity contribution in [1.82, 2.24) is 0 Å². The van der Waals surface area contributed by atoms with Crippen molar-refractivity contribution in [3.05, 3.63) is 29.3 Å². The predicted molar refractivity (Wildman–Crippen MR) is 81.0 cm³/mol. The molecule has 1 aromatic carbocycles. The Morgan fingerprint density at radius 2 is 1.95 bits per heavy atom. The SMILES string of the molecule is Cc1ccc(C(N)=NO)c(N(C)C(C)C(C)(C)C)c1. The smallest absolute Gasteiger partial charge is 0.172 e. The van der Waals surface area contributed by atoms with Crippen molar-refractivity contribution < 1.29 is 5.21 Å². The third kappa shape index (κ3) is 3.40. The Morgan fingerprint density at radius 1 is 1.37 bits per heavy atom. The number of benzene rings is 1. The van der Waals surface area contributed by atoms with E-state index in [0.717, 1.165) is 16.8 Å². The highest BCUT2D eigenvalue weighted by molar-refractivity contribution is 6.02. The van der Waals surface area contributed by atoms with Gasteiger partial charge in [-0.25, -0.2) is 0 Å². The minimum absolute atomic E-state index is 0.140. The lowest BCUT2D eigenvalue weighted by atomic mass is 9.86. The van der Waals surface area contributed by atoms with Gasteiger partial charge in [0.2, 0.25) is 0 Å². The van der Waals surface area contributed by atoms with Crippen LogP contribution in [-0.2, 0) is 0 Å². The molecule has 0 aliphatic carbocycles. The molecule has 0 aliphatic heterocycles. The van der Waals surface area contributed by atoms with E-state index in [1.165, 1.54) is 0 Å². The Kier molecular flexibility index (Phi) is 4.45. The minimum atomic E-state index is 0.140. The molecule has 1 rings (SSSR count). The second-order valence-electron chi connectivity index (χ2n) is 6.16. The number of nitrogens with zero attached hydrogens (tertiary/aromatic N) is 2. The molecule has 0 aliphatic rings. The molecular formula is C15H25N3O. The second kappa shape index (κ2) is 5.51. The lowest BCUT2D eigenvalue weighted by Gasteiger charge is -2.37. The maximum atomic E-state index is 8.91. The fourth-order valence-electron chi connectivity index (χ4n) is 1.99. The lowest BCUT2D eigenvalue weighted by molar-refractivity contribution is 0.318. The first-order valence-electron chi connectivity index (χ1n) is 6.50. The van der Waals surface area contributed by atoms with E-state index >= 15 is 0 Å². The van der Waals surface area contributed by atoms with Crippen LogP contribution in [-0.4, -0.2) is 24.1 Å². The Morgan fingerprint density at radius 3 is 2.42 bits per heavy atom. The van der Waals surface area contributed by atoms with E-state index < -0.39 is 0 Å². The fourth-order valence-corrected chi connectivity index (χ4v) is 1.99. The summed E-state index contributed by atoms with van der Waals surface area (Å²) in [7, 11) is 2.04. The van der Waals surface area contributed by atoms with Crippen LogP contribution in [0, 0.1) is 12.3 Å². The summed E-state index contributed by atoms with van der Waals surface area (Å²) in [5.41, 5.74) is 8.80. The first-order valence-corrected chi connectivity index (χ1v) is 6.50. The largest absolute Gasteiger partial charge is 0.409 e. The molecule has 1 atom stereocenters. The van der Waals surface area contributed by atoms with E-state index in [1.807, 2.05) is 26.1 Å². The molecule has 0 aromatic heterocycles. The molecule has 3 N–H and O–H groups in total. The number of amidine groups is 1. The minimum Gasteiger partial charge on any atom is -0.409 e. The molecule has 0 saturated carbocycles. The maximum Gasteiger partial charge on any atom is 0.172 e. The average Bonchev–Trinajstić information content (AvgIpc) is 2.34. The quantitative estimate of drug-likeness (QED) is 0.381. The molecule has 0 spiro atoms. The normalized spacial score (nSPS) is 14.3. The first-order chi connectivity index (χ1) is 8.68. The van der Waals surface area contributed by atoms with Gasteiger partial charge >= 0.3 is 0 Å². The van der Waals surface area contributed by atoms with Gasteiger partial charge in [0.1, 0.15) is 0 Å². The summed E-state index contributed by atoms with van der Waals surface area (Å²) >= 11 is 0. The highest BCUT2D eigenvalue weighted by atomic mass is 16.4. The van der Waals surface area contributed by atoms with Gasteiger partial charge in [-0.3, -0.25) is 0 Å². The molecule has 0 amide bonds. The third-order valence-electron chi connectivity index (χ3n) is 3.75. The van der Waals surface area contributed by atoms with E-state index in [-0.39, 0.29) is 11.3 Å². The van der Waals surface area contributed by atoms with Gasteiger partial charge in [0.05, 0.1) is 0 Å². The summed E-state index contributed by atoms with van der Waals surface area (Å²) < 4.78 is 0. The fraction of sp³-hybridized carbons (Fsp3) is 0.533. The summed E-state index contributed by atoms with van der Waals surface area (Å²) in [6.45, 7) is 10.8. The van der Waals surface area contributed by atoms with Gasteiger partial charge < -0.3 is 15.8 Å². The third-order valence-corrected chi connectivity index (χ3v) is 3.75. The molecule has 0 fully saturated rings. The van der Waals surface area contributed by atoms with Crippen molar-refractivity contribution in [2.75, 3.05) is 11.9 Å². The second-order valence-corrected chi connectivity index (χ2v) is 6.16. The molecule has 1 unspecified atom stereocenters. The van der Waals surface area contributed by atoms with Crippen molar-refractivity contribution in [2.24, 2.45) is 16.3 Å². The number of anilines is 1. The molecule has 4 nitrogen and oxygen atoms in total. The van der Waals surface area contributed by atoms with Crippen LogP contribution >= 0.6 is 0 Å². The molecule has 106 valence electrons. The number of hydrogen-bond donors (Lipinski definition) is 2. The van der Waals surface area contributed by atoms with Gasteiger partial charge in [0, 0.05) is 24.3 Å². The number of nitrogens with two attached hydrogens (primary N) is 1. The number of hydrogen-bond acceptors (Lipinski definition) is 3. The van der Waals surface area contributed by atoms with Crippen LogP contribution in [0.5, 0.6) is 0 Å². The maximum absolute atomic E-state index is 8.91. The molecule has 0 radical (unpaired) electrons. The topological polar surface area (TPSA) is 61.9 Å². The Hall–Kier alpha value is -1.71. The summed E-state index contributed by atoms with van der Waals surface area (Å²) in [4.78, 5) is 2.18. The Balaban J connectivity index is 3.29. The summed E-state index contributed by atoms with van der Waals surface area (Å²) in [5, 5.41) is 12.0. The molecular weight excluding hydrogens is 238 g/mol. The Bertz CT molecular complexity index is 475. The highest BCUT2D eigenvalue weighted by Gasteiger charge is 2.26. The zero-order chi connectivity index (χ0) is 14.8. The summed E-state index contributed by atoms with van der Waals surface area (Å²) in [5.74, 6) is 0.142. The summed E-state index contributed by atoms with van der Waals surface area (Å²) in [6.07, 6.45) is 0. The zero-order valence-corrected chi connectivity index (χ0v) is 12.7. The van der Waals surface area contributed by atoms with Crippen molar-refractivity contribution >= 4 is 11.5 Å². The average molecular weight is 263 g/mol. The monoisotopic (exact) mass is 263 g/mol. The van der Waals surface area contributed by atoms with Gasteiger partial charge in [-0.15, -0.1) is 0 Å². The van der Waals surface area contributed by atoms with Crippen LogP contribution in [0.4, 0.5) is 5.69 Å². The molecule has 0 heterocycles. The lowest BCUT2D eigenvalue weighted by Crippen LogP contribution is -2.40. The van der Waals surface area contributed by atoms with Gasteiger partial charge in [-0.2, -0.15) is 0 Å². The molecule has 19 heavy (non-hydrogen) atoms. The van der Waals surface area contributed by atoms with Crippen LogP contribution in [0.2, 0.25) is 0 Å². The highest BCUT2D eigenvalue weighted by Crippen LogP contribution is 2.30. The van der Waals surface area contributed by atoms with Crippen LogP contribution in [0.15, 0.2) is 23.4 Å². The van der Waals surface area contributed by atoms with Crippen LogP contribution in [0.25, 0.3) is 0 Å².